The van der Waals surface area contributed by atoms with E-state index >= 15 is 0 Å². The van der Waals surface area contributed by atoms with Crippen molar-refractivity contribution in [3.63, 3.8) is 0 Å². The van der Waals surface area contributed by atoms with Gasteiger partial charge in [0.25, 0.3) is 0 Å². The highest BCUT2D eigenvalue weighted by atomic mass is 16.6. The van der Waals surface area contributed by atoms with Gasteiger partial charge in [0.2, 0.25) is 0 Å². The second-order valence-electron chi connectivity index (χ2n) is 17.6. The number of carbonyl (C=O) groups excluding carboxylic acids is 2. The summed E-state index contributed by atoms with van der Waals surface area (Å²) in [5, 5.41) is 9.63. The van der Waals surface area contributed by atoms with Crippen LogP contribution in [0.2, 0.25) is 0 Å². The molecule has 0 saturated carbocycles. The Morgan fingerprint density at radius 1 is 0.364 bits per heavy atom. The Hall–Kier alpha value is -3.70. The Labute approximate surface area is 407 Å². The normalized spacial score (nSPS) is 13.2. The van der Waals surface area contributed by atoms with E-state index in [0.29, 0.717) is 12.8 Å². The minimum Gasteiger partial charge on any atom is -0.462 e. The molecule has 1 atom stereocenters. The second-order valence-corrected chi connectivity index (χ2v) is 17.6. The van der Waals surface area contributed by atoms with Crippen molar-refractivity contribution in [2.24, 2.45) is 0 Å². The molecule has 0 heterocycles. The summed E-state index contributed by atoms with van der Waals surface area (Å²) in [6.45, 7) is 3.97. The molecule has 0 rings (SSSR count). The number of esters is 2. The number of aliphatic hydroxyl groups excluding tert-OH is 1. The molecule has 5 heteroatoms. The van der Waals surface area contributed by atoms with Gasteiger partial charge in [-0.3, -0.25) is 9.59 Å². The molecule has 0 saturated heterocycles. The highest BCUT2D eigenvalue weighted by Gasteiger charge is 2.16. The average Bonchev–Trinajstić information content (AvgIpc) is 3.32. The zero-order valence-electron chi connectivity index (χ0n) is 42.7. The predicted molar refractivity (Wildman–Crippen MR) is 288 cm³/mol. The van der Waals surface area contributed by atoms with Gasteiger partial charge in [0.05, 0.1) is 6.61 Å². The van der Waals surface area contributed by atoms with Gasteiger partial charge in [-0.2, -0.15) is 0 Å². The van der Waals surface area contributed by atoms with Gasteiger partial charge < -0.3 is 14.6 Å². The Kier molecular flexibility index (Phi) is 52.5. The summed E-state index contributed by atoms with van der Waals surface area (Å²) in [5.41, 5.74) is 0. The molecule has 0 aromatic heterocycles. The summed E-state index contributed by atoms with van der Waals surface area (Å²) >= 11 is 0. The van der Waals surface area contributed by atoms with Crippen molar-refractivity contribution in [2.45, 2.75) is 238 Å². The first-order chi connectivity index (χ1) is 32.6. The lowest BCUT2D eigenvalue weighted by Gasteiger charge is -2.15. The maximum absolute atomic E-state index is 12.3. The molecule has 0 fully saturated rings. The Morgan fingerprint density at radius 3 is 1.03 bits per heavy atom. The van der Waals surface area contributed by atoms with Crippen LogP contribution in [-0.2, 0) is 19.1 Å². The molecule has 0 aliphatic rings. The maximum atomic E-state index is 12.3. The minimum absolute atomic E-state index is 0.0964. The summed E-state index contributed by atoms with van der Waals surface area (Å²) in [5.74, 6) is -0.666. The molecule has 0 bridgehead atoms. The number of ether oxygens (including phenoxy) is 2. The standard InChI is InChI=1S/C61H100O5/c1-3-5-7-9-11-13-15-17-19-21-23-25-27-28-29-30-31-32-34-35-37-39-41-43-45-47-49-51-53-55-60(63)65-58-59(57-62)66-61(64)56-54-52-50-48-46-44-42-40-38-36-33-26-24-22-20-18-16-14-12-10-8-6-4-2/h6,8,12,14-15,17-18,20-21,23-24,26-28,36,38,42,44,48,50,59,62H,3-5,7,9-11,13,16,19,22,25,29-35,37,39-41,43,45-47,49,51-58H2,1-2H3/b8-6-,14-12-,17-15-,20-18-,23-21-,26-24-,28-27-,38-36-,44-42-,50-48-. The van der Waals surface area contributed by atoms with Crippen LogP contribution in [0.1, 0.15) is 232 Å². The molecule has 0 amide bonds. The molecule has 1 unspecified atom stereocenters. The molecule has 0 aliphatic heterocycles. The van der Waals surface area contributed by atoms with E-state index in [2.05, 4.69) is 135 Å². The van der Waals surface area contributed by atoms with E-state index in [9.17, 15) is 14.7 Å². The summed E-state index contributed by atoms with van der Waals surface area (Å²) in [6.07, 6.45) is 81.6. The van der Waals surface area contributed by atoms with Gasteiger partial charge >= 0.3 is 11.9 Å². The van der Waals surface area contributed by atoms with Crippen LogP contribution in [-0.4, -0.2) is 36.4 Å². The number of aliphatic hydroxyl groups is 1. The fraction of sp³-hybridized carbons (Fsp3) is 0.639. The quantitative estimate of drug-likeness (QED) is 0.0374. The van der Waals surface area contributed by atoms with Crippen LogP contribution in [0.3, 0.4) is 0 Å². The van der Waals surface area contributed by atoms with Gasteiger partial charge in [-0.1, -0.05) is 238 Å². The zero-order chi connectivity index (χ0) is 47.7. The molecule has 5 nitrogen and oxygen atoms in total. The molecule has 0 aliphatic carbocycles. The van der Waals surface area contributed by atoms with E-state index in [0.717, 1.165) is 83.5 Å². The van der Waals surface area contributed by atoms with Gasteiger partial charge in [-0.25, -0.2) is 0 Å². The monoisotopic (exact) mass is 913 g/mol. The summed E-state index contributed by atoms with van der Waals surface area (Å²) in [6, 6.07) is 0. The number of hydrogen-bond acceptors (Lipinski definition) is 5. The minimum atomic E-state index is -0.812. The number of unbranched alkanes of at least 4 members (excludes halogenated alkanes) is 20. The summed E-state index contributed by atoms with van der Waals surface area (Å²) in [4.78, 5) is 24.5. The van der Waals surface area contributed by atoms with Crippen molar-refractivity contribution >= 4 is 11.9 Å². The predicted octanol–water partition coefficient (Wildman–Crippen LogP) is 18.3. The first kappa shape index (κ1) is 62.3. The molecule has 374 valence electrons. The fourth-order valence-electron chi connectivity index (χ4n) is 7.20. The molecule has 1 N–H and O–H groups in total. The molecule has 0 aromatic rings. The van der Waals surface area contributed by atoms with Gasteiger partial charge in [-0.15, -0.1) is 0 Å². The molecular formula is C61H100O5. The van der Waals surface area contributed by atoms with E-state index in [1.54, 1.807) is 0 Å². The molecule has 0 aromatic carbocycles. The van der Waals surface area contributed by atoms with Crippen LogP contribution in [0.25, 0.3) is 0 Å². The highest BCUT2D eigenvalue weighted by molar-refractivity contribution is 5.70. The van der Waals surface area contributed by atoms with Gasteiger partial charge in [0.1, 0.15) is 6.61 Å². The van der Waals surface area contributed by atoms with Crippen LogP contribution in [0.5, 0.6) is 0 Å². The summed E-state index contributed by atoms with van der Waals surface area (Å²) in [7, 11) is 0. The lowest BCUT2D eigenvalue weighted by Crippen LogP contribution is -2.28. The van der Waals surface area contributed by atoms with Crippen molar-refractivity contribution in [3.05, 3.63) is 122 Å². The first-order valence-electron chi connectivity index (χ1n) is 27.1. The number of allylic oxidation sites excluding steroid dienone is 20. The maximum Gasteiger partial charge on any atom is 0.306 e. The topological polar surface area (TPSA) is 72.8 Å². The van der Waals surface area contributed by atoms with E-state index in [4.69, 9.17) is 9.47 Å². The third kappa shape index (κ3) is 52.9. The van der Waals surface area contributed by atoms with Crippen molar-refractivity contribution in [2.75, 3.05) is 13.2 Å². The van der Waals surface area contributed by atoms with E-state index in [1.807, 2.05) is 0 Å². The van der Waals surface area contributed by atoms with Crippen LogP contribution < -0.4 is 0 Å². The van der Waals surface area contributed by atoms with Gasteiger partial charge in [-0.05, 0) is 103 Å². The van der Waals surface area contributed by atoms with Crippen molar-refractivity contribution in [1.29, 1.82) is 0 Å². The lowest BCUT2D eigenvalue weighted by atomic mass is 10.0. The van der Waals surface area contributed by atoms with E-state index < -0.39 is 6.10 Å². The molecule has 0 radical (unpaired) electrons. The molecular weight excluding hydrogens is 813 g/mol. The third-order valence-electron chi connectivity index (χ3n) is 11.2. The van der Waals surface area contributed by atoms with E-state index in [1.165, 1.54) is 116 Å². The van der Waals surface area contributed by atoms with Crippen molar-refractivity contribution < 1.29 is 24.2 Å². The number of carbonyl (C=O) groups is 2. The van der Waals surface area contributed by atoms with E-state index in [-0.39, 0.29) is 31.6 Å². The zero-order valence-corrected chi connectivity index (χ0v) is 42.7. The molecule has 0 spiro atoms. The first-order valence-corrected chi connectivity index (χ1v) is 27.1. The number of rotatable bonds is 48. The third-order valence-corrected chi connectivity index (χ3v) is 11.2. The Bertz CT molecular complexity index is 1350. The highest BCUT2D eigenvalue weighted by Crippen LogP contribution is 2.15. The van der Waals surface area contributed by atoms with Crippen LogP contribution in [0, 0.1) is 0 Å². The SMILES string of the molecule is CC/C=C\C/C=C\C/C=C\C/C=C\C/C=C\C/C=C\C/C=C\CCCC(=O)OC(CO)COC(=O)CCCCCCCCCCCCCCCC/C=C\C/C=C\C/C=C\CCCCCCC. The van der Waals surface area contributed by atoms with Crippen molar-refractivity contribution in [1.82, 2.24) is 0 Å². The van der Waals surface area contributed by atoms with Gasteiger partial charge in [0.15, 0.2) is 6.10 Å². The largest absolute Gasteiger partial charge is 0.462 e. The second kappa shape index (κ2) is 55.6. The van der Waals surface area contributed by atoms with Crippen LogP contribution in [0.15, 0.2) is 122 Å². The van der Waals surface area contributed by atoms with Gasteiger partial charge in [0, 0.05) is 12.8 Å². The lowest BCUT2D eigenvalue weighted by molar-refractivity contribution is -0.161. The van der Waals surface area contributed by atoms with Crippen LogP contribution >= 0.6 is 0 Å². The summed E-state index contributed by atoms with van der Waals surface area (Å²) < 4.78 is 10.6. The average molecular weight is 913 g/mol. The Morgan fingerprint density at radius 2 is 0.667 bits per heavy atom. The smallest absolute Gasteiger partial charge is 0.306 e. The number of hydrogen-bond donors (Lipinski definition) is 1. The molecule has 66 heavy (non-hydrogen) atoms. The van der Waals surface area contributed by atoms with Crippen LogP contribution in [0.4, 0.5) is 0 Å². The fourth-order valence-corrected chi connectivity index (χ4v) is 7.20. The van der Waals surface area contributed by atoms with Crippen molar-refractivity contribution in [3.8, 4) is 0 Å². The Balaban J connectivity index is 3.61.